The number of nitrogens with one attached hydrogen (secondary N) is 1. The van der Waals surface area contributed by atoms with E-state index in [1.807, 2.05) is 17.5 Å². The van der Waals surface area contributed by atoms with E-state index in [4.69, 9.17) is 14.2 Å². The minimum Gasteiger partial charge on any atom is -0.493 e. The van der Waals surface area contributed by atoms with Crippen LogP contribution in [0.25, 0.3) is 0 Å². The lowest BCUT2D eigenvalue weighted by atomic mass is 10.0. The summed E-state index contributed by atoms with van der Waals surface area (Å²) in [5.74, 6) is 1.48. The van der Waals surface area contributed by atoms with Gasteiger partial charge in [0.05, 0.1) is 27.4 Å². The molecule has 1 heterocycles. The third kappa shape index (κ3) is 3.82. The second kappa shape index (κ2) is 8.06. The predicted octanol–water partition coefficient (Wildman–Crippen LogP) is 3.90. The molecule has 0 saturated carbocycles. The molecule has 1 aromatic heterocycles. The molecule has 2 rings (SSSR count). The van der Waals surface area contributed by atoms with Gasteiger partial charge in [-0.3, -0.25) is 4.79 Å². The smallest absolute Gasteiger partial charge is 0.252 e. The maximum absolute atomic E-state index is 12.7. The van der Waals surface area contributed by atoms with Crippen molar-refractivity contribution in [2.24, 2.45) is 5.92 Å². The molecule has 0 spiro atoms. The second-order valence-electron chi connectivity index (χ2n) is 5.62. The zero-order valence-electron chi connectivity index (χ0n) is 14.6. The fourth-order valence-electron chi connectivity index (χ4n) is 2.47. The topological polar surface area (TPSA) is 56.8 Å². The molecule has 0 fully saturated rings. The van der Waals surface area contributed by atoms with E-state index in [0.29, 0.717) is 22.8 Å². The summed E-state index contributed by atoms with van der Waals surface area (Å²) in [6.45, 7) is 4.17. The predicted molar refractivity (Wildman–Crippen MR) is 95.5 cm³/mol. The highest BCUT2D eigenvalue weighted by Crippen LogP contribution is 2.38. The summed E-state index contributed by atoms with van der Waals surface area (Å²) in [7, 11) is 4.59. The minimum atomic E-state index is -0.179. The number of carbonyl (C=O) groups is 1. The number of hydrogen-bond acceptors (Lipinski definition) is 5. The summed E-state index contributed by atoms with van der Waals surface area (Å²) >= 11 is 1.63. The van der Waals surface area contributed by atoms with Gasteiger partial charge in [-0.25, -0.2) is 0 Å². The number of rotatable bonds is 7. The van der Waals surface area contributed by atoms with Gasteiger partial charge >= 0.3 is 0 Å². The van der Waals surface area contributed by atoms with Crippen molar-refractivity contribution in [2.75, 3.05) is 21.3 Å². The highest BCUT2D eigenvalue weighted by Gasteiger charge is 2.22. The van der Waals surface area contributed by atoms with Crippen molar-refractivity contribution >= 4 is 17.2 Å². The molecular formula is C18H23NO4S. The van der Waals surface area contributed by atoms with E-state index >= 15 is 0 Å². The number of amides is 1. The molecule has 1 amide bonds. The number of benzene rings is 1. The molecule has 1 unspecified atom stereocenters. The maximum Gasteiger partial charge on any atom is 0.252 e. The van der Waals surface area contributed by atoms with Gasteiger partial charge in [-0.1, -0.05) is 19.9 Å². The van der Waals surface area contributed by atoms with Crippen LogP contribution in [0.4, 0.5) is 0 Å². The Kier molecular flexibility index (Phi) is 6.09. The first-order valence-corrected chi connectivity index (χ1v) is 8.54. The maximum atomic E-state index is 12.7. The monoisotopic (exact) mass is 349 g/mol. The largest absolute Gasteiger partial charge is 0.493 e. The SMILES string of the molecule is COc1cc(C(=O)NC(c2cccs2)C(C)C)cc(OC)c1OC. The average molecular weight is 349 g/mol. The van der Waals surface area contributed by atoms with Crippen LogP contribution in [0.5, 0.6) is 17.2 Å². The lowest BCUT2D eigenvalue weighted by molar-refractivity contribution is 0.0925. The van der Waals surface area contributed by atoms with Crippen LogP contribution in [0.2, 0.25) is 0 Å². The first kappa shape index (κ1) is 18.1. The normalized spacial score (nSPS) is 11.9. The van der Waals surface area contributed by atoms with E-state index in [1.165, 1.54) is 21.3 Å². The molecule has 2 aromatic rings. The van der Waals surface area contributed by atoms with Gasteiger partial charge in [-0.15, -0.1) is 11.3 Å². The molecule has 6 heteroatoms. The Morgan fingerprint density at radius 1 is 1.08 bits per heavy atom. The summed E-state index contributed by atoms with van der Waals surface area (Å²) < 4.78 is 15.9. The van der Waals surface area contributed by atoms with Gasteiger partial charge in [0, 0.05) is 10.4 Å². The minimum absolute atomic E-state index is 0.0448. The molecule has 24 heavy (non-hydrogen) atoms. The highest BCUT2D eigenvalue weighted by atomic mass is 32.1. The first-order valence-electron chi connectivity index (χ1n) is 7.66. The fraction of sp³-hybridized carbons (Fsp3) is 0.389. The van der Waals surface area contributed by atoms with E-state index < -0.39 is 0 Å². The van der Waals surface area contributed by atoms with Gasteiger partial charge in [0.25, 0.3) is 5.91 Å². The van der Waals surface area contributed by atoms with Gasteiger partial charge in [0.15, 0.2) is 11.5 Å². The van der Waals surface area contributed by atoms with Crippen molar-refractivity contribution in [2.45, 2.75) is 19.9 Å². The average Bonchev–Trinajstić information content (AvgIpc) is 3.11. The van der Waals surface area contributed by atoms with Gasteiger partial charge in [-0.05, 0) is 29.5 Å². The van der Waals surface area contributed by atoms with Crippen LogP contribution in [-0.2, 0) is 0 Å². The zero-order valence-corrected chi connectivity index (χ0v) is 15.4. The van der Waals surface area contributed by atoms with Crippen LogP contribution < -0.4 is 19.5 Å². The molecule has 1 atom stereocenters. The summed E-state index contributed by atoms with van der Waals surface area (Å²) in [6, 6.07) is 7.29. The molecule has 0 bridgehead atoms. The number of hydrogen-bond donors (Lipinski definition) is 1. The molecule has 130 valence electrons. The lowest BCUT2D eigenvalue weighted by Crippen LogP contribution is -2.31. The highest BCUT2D eigenvalue weighted by molar-refractivity contribution is 7.10. The number of methoxy groups -OCH3 is 3. The number of carbonyl (C=O) groups excluding carboxylic acids is 1. The van der Waals surface area contributed by atoms with Crippen molar-refractivity contribution in [3.63, 3.8) is 0 Å². The molecule has 0 aliphatic heterocycles. The Morgan fingerprint density at radius 3 is 2.12 bits per heavy atom. The van der Waals surface area contributed by atoms with Gasteiger partial charge in [-0.2, -0.15) is 0 Å². The summed E-state index contributed by atoms with van der Waals surface area (Å²) in [4.78, 5) is 13.9. The van der Waals surface area contributed by atoms with Crippen LogP contribution in [0.1, 0.15) is 35.1 Å². The van der Waals surface area contributed by atoms with E-state index in [1.54, 1.807) is 23.5 Å². The Hall–Kier alpha value is -2.21. The van der Waals surface area contributed by atoms with E-state index in [9.17, 15) is 4.79 Å². The molecule has 1 N–H and O–H groups in total. The second-order valence-corrected chi connectivity index (χ2v) is 6.60. The third-order valence-electron chi connectivity index (χ3n) is 3.73. The van der Waals surface area contributed by atoms with Crippen molar-refractivity contribution in [1.82, 2.24) is 5.32 Å². The Balaban J connectivity index is 2.32. The summed E-state index contributed by atoms with van der Waals surface area (Å²) in [6.07, 6.45) is 0. The zero-order chi connectivity index (χ0) is 17.7. The molecule has 0 aliphatic rings. The third-order valence-corrected chi connectivity index (χ3v) is 4.69. The Bertz CT molecular complexity index is 657. The van der Waals surface area contributed by atoms with Gasteiger partial charge in [0.2, 0.25) is 5.75 Å². The summed E-state index contributed by atoms with van der Waals surface area (Å²) in [5.41, 5.74) is 0.465. The molecule has 0 radical (unpaired) electrons. The van der Waals surface area contributed by atoms with Gasteiger partial charge in [0.1, 0.15) is 0 Å². The van der Waals surface area contributed by atoms with Crippen LogP contribution >= 0.6 is 11.3 Å². The molecule has 5 nitrogen and oxygen atoms in total. The van der Waals surface area contributed by atoms with Crippen molar-refractivity contribution < 1.29 is 19.0 Å². The van der Waals surface area contributed by atoms with Crippen LogP contribution in [0.3, 0.4) is 0 Å². The Morgan fingerprint density at radius 2 is 1.71 bits per heavy atom. The summed E-state index contributed by atoms with van der Waals surface area (Å²) in [5, 5.41) is 5.11. The lowest BCUT2D eigenvalue weighted by Gasteiger charge is -2.22. The Labute approximate surface area is 146 Å². The van der Waals surface area contributed by atoms with Crippen LogP contribution in [-0.4, -0.2) is 27.2 Å². The van der Waals surface area contributed by atoms with Crippen molar-refractivity contribution in [1.29, 1.82) is 0 Å². The fourth-order valence-corrected chi connectivity index (χ4v) is 3.42. The molecule has 1 aromatic carbocycles. The van der Waals surface area contributed by atoms with Crippen LogP contribution in [0.15, 0.2) is 29.6 Å². The van der Waals surface area contributed by atoms with Gasteiger partial charge < -0.3 is 19.5 Å². The molecular weight excluding hydrogens is 326 g/mol. The van der Waals surface area contributed by atoms with Crippen molar-refractivity contribution in [3.8, 4) is 17.2 Å². The standard InChI is InChI=1S/C18H23NO4S/c1-11(2)16(15-7-6-8-24-15)19-18(20)12-9-13(21-3)17(23-5)14(10-12)22-4/h6-11,16H,1-5H3,(H,19,20). The number of thiophene rings is 1. The molecule has 0 aliphatic carbocycles. The van der Waals surface area contributed by atoms with E-state index in [0.717, 1.165) is 4.88 Å². The quantitative estimate of drug-likeness (QED) is 0.824. The first-order chi connectivity index (χ1) is 11.5. The number of ether oxygens (including phenoxy) is 3. The molecule has 0 saturated heterocycles. The van der Waals surface area contributed by atoms with Crippen molar-refractivity contribution in [3.05, 3.63) is 40.1 Å². The van der Waals surface area contributed by atoms with Crippen LogP contribution in [0, 0.1) is 5.92 Å². The van der Waals surface area contributed by atoms with E-state index in [-0.39, 0.29) is 17.9 Å². The van der Waals surface area contributed by atoms with E-state index in [2.05, 4.69) is 19.2 Å².